The predicted octanol–water partition coefficient (Wildman–Crippen LogP) is 0.485. The maximum atomic E-state index is 12.3. The number of nitrogens with two attached hydrogens (primary N) is 1. The second kappa shape index (κ2) is 7.10. The molecule has 3 N–H and O–H groups in total. The Balaban J connectivity index is 3.21. The Hall–Kier alpha value is -1.93. The number of carbonyl (C=O) groups is 2. The molecule has 0 saturated heterocycles. The summed E-state index contributed by atoms with van der Waals surface area (Å²) >= 11 is 0. The number of nitrogens with zero attached hydrogens (tertiary/aromatic N) is 1. The van der Waals surface area contributed by atoms with Crippen molar-refractivity contribution in [1.82, 2.24) is 9.62 Å². The first-order chi connectivity index (χ1) is 10.5. The monoisotopic (exact) mass is 341 g/mol. The number of aryl methyl sites for hydroxylation is 1. The van der Waals surface area contributed by atoms with Gasteiger partial charge in [0.1, 0.15) is 6.04 Å². The number of hydrogen-bond acceptors (Lipinski definition) is 4. The van der Waals surface area contributed by atoms with Crippen LogP contribution in [-0.2, 0) is 14.8 Å². The first-order valence-corrected chi connectivity index (χ1v) is 8.55. The zero-order chi connectivity index (χ0) is 17.9. The zero-order valence-electron chi connectivity index (χ0n) is 14.0. The number of primary amides is 1. The number of rotatable bonds is 6. The average molecular weight is 341 g/mol. The highest BCUT2D eigenvalue weighted by Gasteiger charge is 2.25. The van der Waals surface area contributed by atoms with Crippen molar-refractivity contribution >= 4 is 21.8 Å². The highest BCUT2D eigenvalue weighted by atomic mass is 32.2. The van der Waals surface area contributed by atoms with Gasteiger partial charge in [-0.2, -0.15) is 0 Å². The molecule has 1 aromatic carbocycles. The van der Waals surface area contributed by atoms with Crippen molar-refractivity contribution in [1.29, 1.82) is 0 Å². The second-order valence-corrected chi connectivity index (χ2v) is 7.99. The first-order valence-electron chi connectivity index (χ1n) is 7.11. The number of carbonyl (C=O) groups excluding carboxylic acids is 2. The molecule has 23 heavy (non-hydrogen) atoms. The molecule has 128 valence electrons. The third kappa shape index (κ3) is 4.29. The van der Waals surface area contributed by atoms with E-state index in [9.17, 15) is 18.0 Å². The standard InChI is InChI=1S/C15H23N3O4S/c1-9(2)13(14(16)19)17-15(20)11-7-6-10(3)12(8-11)23(21,22)18(4)5/h6-9,13H,1-5H3,(H2,16,19)(H,17,20)/t13-/m0/s1. The lowest BCUT2D eigenvalue weighted by Crippen LogP contribution is -2.47. The molecule has 7 nitrogen and oxygen atoms in total. The van der Waals surface area contributed by atoms with Crippen molar-refractivity contribution in [2.24, 2.45) is 11.7 Å². The fourth-order valence-electron chi connectivity index (χ4n) is 2.01. The second-order valence-electron chi connectivity index (χ2n) is 5.87. The van der Waals surface area contributed by atoms with Crippen LogP contribution in [-0.4, -0.2) is 44.7 Å². The molecule has 1 atom stereocenters. The van der Waals surface area contributed by atoms with E-state index in [0.29, 0.717) is 5.56 Å². The largest absolute Gasteiger partial charge is 0.368 e. The van der Waals surface area contributed by atoms with Gasteiger partial charge in [-0.15, -0.1) is 0 Å². The van der Waals surface area contributed by atoms with Gasteiger partial charge in [-0.05, 0) is 30.5 Å². The average Bonchev–Trinajstić information content (AvgIpc) is 2.43. The molecule has 0 saturated carbocycles. The topological polar surface area (TPSA) is 110 Å². The smallest absolute Gasteiger partial charge is 0.251 e. The Labute approximate surface area is 136 Å². The molecule has 0 fully saturated rings. The Morgan fingerprint density at radius 2 is 1.78 bits per heavy atom. The molecule has 1 rings (SSSR count). The van der Waals surface area contributed by atoms with Crippen LogP contribution in [0.3, 0.4) is 0 Å². The van der Waals surface area contributed by atoms with Crippen molar-refractivity contribution in [3.63, 3.8) is 0 Å². The zero-order valence-corrected chi connectivity index (χ0v) is 14.8. The fourth-order valence-corrected chi connectivity index (χ4v) is 3.15. The molecule has 0 aliphatic carbocycles. The lowest BCUT2D eigenvalue weighted by molar-refractivity contribution is -0.120. The molecular weight excluding hydrogens is 318 g/mol. The van der Waals surface area contributed by atoms with Crippen LogP contribution in [0.5, 0.6) is 0 Å². The van der Waals surface area contributed by atoms with E-state index in [0.717, 1.165) is 4.31 Å². The van der Waals surface area contributed by atoms with Gasteiger partial charge in [0.15, 0.2) is 0 Å². The van der Waals surface area contributed by atoms with Crippen molar-refractivity contribution in [2.75, 3.05) is 14.1 Å². The van der Waals surface area contributed by atoms with E-state index in [-0.39, 0.29) is 16.4 Å². The van der Waals surface area contributed by atoms with Crippen LogP contribution in [0.4, 0.5) is 0 Å². The van der Waals surface area contributed by atoms with Gasteiger partial charge in [0.2, 0.25) is 15.9 Å². The van der Waals surface area contributed by atoms with Crippen LogP contribution in [0, 0.1) is 12.8 Å². The molecule has 0 bridgehead atoms. The van der Waals surface area contributed by atoms with Crippen molar-refractivity contribution in [3.05, 3.63) is 29.3 Å². The summed E-state index contributed by atoms with van der Waals surface area (Å²) in [5.74, 6) is -1.36. The van der Waals surface area contributed by atoms with E-state index in [4.69, 9.17) is 5.73 Å². The quantitative estimate of drug-likeness (QED) is 0.784. The van der Waals surface area contributed by atoms with Crippen LogP contribution in [0.1, 0.15) is 29.8 Å². The molecule has 0 aromatic heterocycles. The lowest BCUT2D eigenvalue weighted by Gasteiger charge is -2.19. The molecular formula is C15H23N3O4S. The van der Waals surface area contributed by atoms with E-state index >= 15 is 0 Å². The molecule has 2 amide bonds. The first kappa shape index (κ1) is 19.1. The number of amides is 2. The maximum Gasteiger partial charge on any atom is 0.251 e. The summed E-state index contributed by atoms with van der Waals surface area (Å²) in [6.07, 6.45) is 0. The lowest BCUT2D eigenvalue weighted by atomic mass is 10.0. The van der Waals surface area contributed by atoms with Gasteiger partial charge in [0.25, 0.3) is 5.91 Å². The Bertz CT molecular complexity index is 711. The van der Waals surface area contributed by atoms with E-state index < -0.39 is 27.9 Å². The Morgan fingerprint density at radius 1 is 1.22 bits per heavy atom. The summed E-state index contributed by atoms with van der Waals surface area (Å²) in [5, 5.41) is 2.54. The molecule has 0 unspecified atom stereocenters. The SMILES string of the molecule is Cc1ccc(C(=O)N[C@H](C(N)=O)C(C)C)cc1S(=O)(=O)N(C)C. The Kier molecular flexibility index (Phi) is 5.90. The summed E-state index contributed by atoms with van der Waals surface area (Å²) in [6, 6.07) is 3.55. The van der Waals surface area contributed by atoms with Gasteiger partial charge < -0.3 is 11.1 Å². The van der Waals surface area contributed by atoms with Crippen LogP contribution in [0.15, 0.2) is 23.1 Å². The van der Waals surface area contributed by atoms with E-state index in [2.05, 4.69) is 5.32 Å². The van der Waals surface area contributed by atoms with Gasteiger partial charge in [-0.1, -0.05) is 19.9 Å². The fraction of sp³-hybridized carbons (Fsp3) is 0.467. The number of sulfonamides is 1. The van der Waals surface area contributed by atoms with Gasteiger partial charge in [0, 0.05) is 19.7 Å². The van der Waals surface area contributed by atoms with Crippen molar-refractivity contribution in [2.45, 2.75) is 31.7 Å². The molecule has 8 heteroatoms. The number of nitrogens with one attached hydrogen (secondary N) is 1. The van der Waals surface area contributed by atoms with Crippen LogP contribution < -0.4 is 11.1 Å². The normalized spacial score (nSPS) is 13.2. The maximum absolute atomic E-state index is 12.3. The molecule has 0 aliphatic rings. The summed E-state index contributed by atoms with van der Waals surface area (Å²) < 4.78 is 25.7. The number of hydrogen-bond donors (Lipinski definition) is 2. The van der Waals surface area contributed by atoms with Crippen molar-refractivity contribution < 1.29 is 18.0 Å². The summed E-state index contributed by atoms with van der Waals surface area (Å²) in [5.41, 5.74) is 5.96. The van der Waals surface area contributed by atoms with E-state index in [1.165, 1.54) is 26.2 Å². The summed E-state index contributed by atoms with van der Waals surface area (Å²) in [6.45, 7) is 5.16. The van der Waals surface area contributed by atoms with E-state index in [1.54, 1.807) is 26.8 Å². The van der Waals surface area contributed by atoms with Gasteiger partial charge in [0.05, 0.1) is 4.90 Å². The third-order valence-electron chi connectivity index (χ3n) is 3.47. The van der Waals surface area contributed by atoms with Gasteiger partial charge in [-0.25, -0.2) is 12.7 Å². The van der Waals surface area contributed by atoms with Crippen LogP contribution in [0.25, 0.3) is 0 Å². The minimum absolute atomic E-state index is 0.0512. The van der Waals surface area contributed by atoms with E-state index in [1.807, 2.05) is 0 Å². The molecule has 1 aromatic rings. The predicted molar refractivity (Wildman–Crippen MR) is 87.3 cm³/mol. The Morgan fingerprint density at radius 3 is 2.22 bits per heavy atom. The molecule has 0 radical (unpaired) electrons. The number of benzene rings is 1. The molecule has 0 aliphatic heterocycles. The summed E-state index contributed by atoms with van der Waals surface area (Å²) in [4.78, 5) is 23.7. The van der Waals surface area contributed by atoms with Gasteiger partial charge >= 0.3 is 0 Å². The van der Waals surface area contributed by atoms with Crippen LogP contribution in [0.2, 0.25) is 0 Å². The third-order valence-corrected chi connectivity index (χ3v) is 5.43. The molecule has 0 spiro atoms. The van der Waals surface area contributed by atoms with Crippen molar-refractivity contribution in [3.8, 4) is 0 Å². The highest BCUT2D eigenvalue weighted by molar-refractivity contribution is 7.89. The minimum atomic E-state index is -3.66. The van der Waals surface area contributed by atoms with Crippen LogP contribution >= 0.6 is 0 Å². The van der Waals surface area contributed by atoms with Gasteiger partial charge in [-0.3, -0.25) is 9.59 Å². The minimum Gasteiger partial charge on any atom is -0.368 e. The molecule has 0 heterocycles. The highest BCUT2D eigenvalue weighted by Crippen LogP contribution is 2.20. The summed E-state index contributed by atoms with van der Waals surface area (Å²) in [7, 11) is -0.823.